The van der Waals surface area contributed by atoms with Crippen molar-refractivity contribution in [2.75, 3.05) is 20.3 Å². The Labute approximate surface area is 184 Å². The summed E-state index contributed by atoms with van der Waals surface area (Å²) in [6.07, 6.45) is 0. The lowest BCUT2D eigenvalue weighted by Gasteiger charge is -2.26. The van der Waals surface area contributed by atoms with Gasteiger partial charge in [0, 0.05) is 19.2 Å². The molecule has 1 unspecified atom stereocenters. The first-order valence-corrected chi connectivity index (χ1v) is 10.5. The van der Waals surface area contributed by atoms with Crippen LogP contribution in [0.2, 0.25) is 0 Å². The van der Waals surface area contributed by atoms with E-state index in [1.54, 1.807) is 7.11 Å². The lowest BCUT2D eigenvalue weighted by molar-refractivity contribution is -0.140. The summed E-state index contributed by atoms with van der Waals surface area (Å²) < 4.78 is 5.17. The molecule has 1 fully saturated rings. The van der Waals surface area contributed by atoms with Crippen molar-refractivity contribution >= 4 is 17.4 Å². The van der Waals surface area contributed by atoms with Crippen LogP contribution in [0.15, 0.2) is 48.0 Å². The molecule has 1 amide bonds. The monoisotopic (exact) mass is 421 g/mol. The summed E-state index contributed by atoms with van der Waals surface area (Å²) in [5.74, 6) is -1.42. The summed E-state index contributed by atoms with van der Waals surface area (Å²) in [5.41, 5.74) is 4.42. The fourth-order valence-corrected chi connectivity index (χ4v) is 3.95. The van der Waals surface area contributed by atoms with Crippen LogP contribution >= 0.6 is 0 Å². The lowest BCUT2D eigenvalue weighted by Crippen LogP contribution is -2.32. The van der Waals surface area contributed by atoms with Crippen LogP contribution in [-0.2, 0) is 19.7 Å². The second-order valence-corrected chi connectivity index (χ2v) is 9.18. The van der Waals surface area contributed by atoms with Crippen LogP contribution < -0.4 is 0 Å². The van der Waals surface area contributed by atoms with E-state index in [9.17, 15) is 14.7 Å². The average Bonchev–Trinajstić information content (AvgIpc) is 2.97. The van der Waals surface area contributed by atoms with Gasteiger partial charge in [0.15, 0.2) is 0 Å². The van der Waals surface area contributed by atoms with E-state index >= 15 is 0 Å². The number of benzene rings is 2. The molecule has 1 N–H and O–H groups in total. The van der Waals surface area contributed by atoms with Crippen LogP contribution in [-0.4, -0.2) is 42.0 Å². The topological polar surface area (TPSA) is 66.8 Å². The maximum Gasteiger partial charge on any atom is 0.295 e. The van der Waals surface area contributed by atoms with E-state index < -0.39 is 17.7 Å². The largest absolute Gasteiger partial charge is 0.507 e. The molecule has 1 atom stereocenters. The van der Waals surface area contributed by atoms with Crippen LogP contribution in [0.4, 0.5) is 0 Å². The number of hydrogen-bond donors (Lipinski definition) is 1. The predicted molar refractivity (Wildman–Crippen MR) is 122 cm³/mol. The minimum Gasteiger partial charge on any atom is -0.507 e. The van der Waals surface area contributed by atoms with Crippen molar-refractivity contribution in [2.24, 2.45) is 0 Å². The molecular formula is C26H31NO4. The van der Waals surface area contributed by atoms with Crippen LogP contribution in [0.25, 0.3) is 5.76 Å². The van der Waals surface area contributed by atoms with Gasteiger partial charge in [0.05, 0.1) is 18.2 Å². The molecule has 164 valence electrons. The smallest absolute Gasteiger partial charge is 0.295 e. The molecule has 5 nitrogen and oxygen atoms in total. The Bertz CT molecular complexity index is 1030. The summed E-state index contributed by atoms with van der Waals surface area (Å²) in [5, 5.41) is 11.2. The summed E-state index contributed by atoms with van der Waals surface area (Å²) in [4.78, 5) is 27.4. The van der Waals surface area contributed by atoms with E-state index in [1.807, 2.05) is 56.3 Å². The van der Waals surface area contributed by atoms with Crippen LogP contribution in [0.5, 0.6) is 0 Å². The molecule has 1 heterocycles. The number of carbonyl (C=O) groups excluding carboxylic acids is 2. The van der Waals surface area contributed by atoms with Crippen LogP contribution in [0.1, 0.15) is 54.6 Å². The highest BCUT2D eigenvalue weighted by Crippen LogP contribution is 2.40. The Hall–Kier alpha value is -2.92. The molecule has 0 bridgehead atoms. The zero-order chi connectivity index (χ0) is 22.9. The van der Waals surface area contributed by atoms with E-state index in [2.05, 4.69) is 20.8 Å². The molecule has 31 heavy (non-hydrogen) atoms. The Morgan fingerprint density at radius 1 is 1.06 bits per heavy atom. The van der Waals surface area contributed by atoms with Crippen LogP contribution in [0.3, 0.4) is 0 Å². The molecule has 2 aromatic carbocycles. The summed E-state index contributed by atoms with van der Waals surface area (Å²) in [7, 11) is 1.56. The van der Waals surface area contributed by atoms with Gasteiger partial charge in [-0.15, -0.1) is 0 Å². The fraction of sp³-hybridized carbons (Fsp3) is 0.385. The van der Waals surface area contributed by atoms with Crippen molar-refractivity contribution < 1.29 is 19.4 Å². The fourth-order valence-electron chi connectivity index (χ4n) is 3.95. The number of likely N-dealkylation sites (tertiary alicyclic amines) is 1. The van der Waals surface area contributed by atoms with Crippen molar-refractivity contribution in [3.05, 3.63) is 75.9 Å². The van der Waals surface area contributed by atoms with Crippen molar-refractivity contribution in [1.82, 2.24) is 4.90 Å². The van der Waals surface area contributed by atoms with E-state index in [0.717, 1.165) is 22.3 Å². The molecule has 0 saturated carbocycles. The molecule has 0 aromatic heterocycles. The Morgan fingerprint density at radius 2 is 1.71 bits per heavy atom. The summed E-state index contributed by atoms with van der Waals surface area (Å²) in [6, 6.07) is 12.9. The third-order valence-corrected chi connectivity index (χ3v) is 5.82. The standard InChI is InChI=1S/C26H31NO4/c1-16-7-8-17(2)20(15-16)23(28)21-22(27(13-14-31-6)25(30)24(21)29)18-9-11-19(12-10-18)26(3,4)5/h7-12,15,22,28H,13-14H2,1-6H3/b23-21+. The number of ether oxygens (including phenoxy) is 1. The molecule has 2 aromatic rings. The average molecular weight is 422 g/mol. The highest BCUT2D eigenvalue weighted by Gasteiger charge is 2.46. The normalized spacial score (nSPS) is 18.6. The molecule has 1 aliphatic heterocycles. The van der Waals surface area contributed by atoms with Gasteiger partial charge >= 0.3 is 0 Å². The van der Waals surface area contributed by atoms with Gasteiger partial charge in [0.25, 0.3) is 11.7 Å². The first-order valence-electron chi connectivity index (χ1n) is 10.5. The molecule has 0 spiro atoms. The SMILES string of the molecule is COCCN1C(=O)C(=O)/C(=C(/O)c2cc(C)ccc2C)C1c1ccc(C(C)(C)C)cc1. The number of aryl methyl sites for hydroxylation is 2. The molecule has 0 aliphatic carbocycles. The third kappa shape index (κ3) is 4.42. The molecule has 1 saturated heterocycles. The third-order valence-electron chi connectivity index (χ3n) is 5.82. The Balaban J connectivity index is 2.19. The highest BCUT2D eigenvalue weighted by molar-refractivity contribution is 6.46. The lowest BCUT2D eigenvalue weighted by atomic mass is 9.85. The zero-order valence-corrected chi connectivity index (χ0v) is 19.2. The number of ketones is 1. The number of rotatable bonds is 5. The van der Waals surface area contributed by atoms with Crippen molar-refractivity contribution in [3.8, 4) is 0 Å². The maximum atomic E-state index is 13.0. The molecule has 0 radical (unpaired) electrons. The predicted octanol–water partition coefficient (Wildman–Crippen LogP) is 4.67. The zero-order valence-electron chi connectivity index (χ0n) is 19.2. The van der Waals surface area contributed by atoms with Crippen LogP contribution in [0, 0.1) is 13.8 Å². The number of methoxy groups -OCH3 is 1. The van der Waals surface area contributed by atoms with Crippen molar-refractivity contribution in [2.45, 2.75) is 46.1 Å². The Morgan fingerprint density at radius 3 is 2.29 bits per heavy atom. The van der Waals surface area contributed by atoms with E-state index in [-0.39, 0.29) is 23.3 Å². The number of aliphatic hydroxyl groups excluding tert-OH is 1. The molecule has 3 rings (SSSR count). The van der Waals surface area contributed by atoms with Gasteiger partial charge in [-0.1, -0.05) is 62.7 Å². The first-order chi connectivity index (χ1) is 14.6. The first kappa shape index (κ1) is 22.8. The number of carbonyl (C=O) groups is 2. The molecule has 1 aliphatic rings. The summed E-state index contributed by atoms with van der Waals surface area (Å²) >= 11 is 0. The number of nitrogens with zero attached hydrogens (tertiary/aromatic N) is 1. The van der Waals surface area contributed by atoms with Gasteiger partial charge in [-0.2, -0.15) is 0 Å². The highest BCUT2D eigenvalue weighted by atomic mass is 16.5. The van der Waals surface area contributed by atoms with Gasteiger partial charge < -0.3 is 14.7 Å². The Kier molecular flexibility index (Phi) is 6.37. The number of amides is 1. The minimum absolute atomic E-state index is 0.0188. The second-order valence-electron chi connectivity index (χ2n) is 9.18. The van der Waals surface area contributed by atoms with E-state index in [4.69, 9.17) is 4.74 Å². The van der Waals surface area contributed by atoms with Crippen molar-refractivity contribution in [1.29, 1.82) is 0 Å². The number of hydrogen-bond acceptors (Lipinski definition) is 4. The van der Waals surface area contributed by atoms with Gasteiger partial charge in [0.2, 0.25) is 0 Å². The van der Waals surface area contributed by atoms with Gasteiger partial charge in [0.1, 0.15) is 5.76 Å². The van der Waals surface area contributed by atoms with Crippen molar-refractivity contribution in [3.63, 3.8) is 0 Å². The summed E-state index contributed by atoms with van der Waals surface area (Å²) in [6.45, 7) is 10.8. The number of Topliss-reactive ketones (excluding diaryl/α,β-unsaturated/α-hetero) is 1. The molecular weight excluding hydrogens is 390 g/mol. The van der Waals surface area contributed by atoms with E-state index in [0.29, 0.717) is 12.2 Å². The van der Waals surface area contributed by atoms with Gasteiger partial charge in [-0.25, -0.2) is 0 Å². The maximum absolute atomic E-state index is 13.0. The minimum atomic E-state index is -0.667. The van der Waals surface area contributed by atoms with E-state index in [1.165, 1.54) is 4.90 Å². The molecule has 5 heteroatoms. The van der Waals surface area contributed by atoms with Gasteiger partial charge in [-0.3, -0.25) is 9.59 Å². The number of aliphatic hydroxyl groups is 1. The quantitative estimate of drug-likeness (QED) is 0.433. The van der Waals surface area contributed by atoms with Gasteiger partial charge in [-0.05, 0) is 42.0 Å². The second kappa shape index (κ2) is 8.67.